The normalized spacial score (nSPS) is 11.8. The van der Waals surface area contributed by atoms with E-state index in [0.717, 1.165) is 11.0 Å². The molecule has 0 heterocycles. The number of nitrogens with zero attached hydrogens (tertiary/aromatic N) is 1. The molecule has 0 amide bonds. The zero-order valence-electron chi connectivity index (χ0n) is 16.2. The van der Waals surface area contributed by atoms with Crippen LogP contribution < -0.4 is 0 Å². The highest BCUT2D eigenvalue weighted by Gasteiger charge is 2.08. The van der Waals surface area contributed by atoms with Crippen molar-refractivity contribution in [1.29, 1.82) is 0 Å². The molecular formula is C22H40N+. The third-order valence-electron chi connectivity index (χ3n) is 4.47. The molecule has 1 aromatic carbocycles. The van der Waals surface area contributed by atoms with E-state index in [1.807, 2.05) is 0 Å². The molecule has 0 saturated carbocycles. The van der Waals surface area contributed by atoms with E-state index < -0.39 is 0 Å². The summed E-state index contributed by atoms with van der Waals surface area (Å²) < 4.78 is 1.00. The summed E-state index contributed by atoms with van der Waals surface area (Å²) in [6.07, 6.45) is 15.4. The van der Waals surface area contributed by atoms with E-state index in [0.29, 0.717) is 0 Å². The van der Waals surface area contributed by atoms with Crippen molar-refractivity contribution in [2.45, 2.75) is 84.1 Å². The summed E-state index contributed by atoms with van der Waals surface area (Å²) in [6, 6.07) is 9.21. The number of aryl methyl sites for hydroxylation is 1. The van der Waals surface area contributed by atoms with Crippen molar-refractivity contribution in [2.75, 3.05) is 21.1 Å². The molecule has 0 aliphatic rings. The molecule has 0 fully saturated rings. The minimum absolute atomic E-state index is 1.00. The summed E-state index contributed by atoms with van der Waals surface area (Å²) >= 11 is 0. The van der Waals surface area contributed by atoms with Crippen molar-refractivity contribution in [3.05, 3.63) is 35.4 Å². The van der Waals surface area contributed by atoms with Crippen molar-refractivity contribution in [3.63, 3.8) is 0 Å². The van der Waals surface area contributed by atoms with Gasteiger partial charge in [-0.05, 0) is 18.4 Å². The summed E-state index contributed by atoms with van der Waals surface area (Å²) in [5.41, 5.74) is 3.00. The molecule has 0 unspecified atom stereocenters. The maximum absolute atomic E-state index is 2.41. The third-order valence-corrected chi connectivity index (χ3v) is 4.47. The second-order valence-electron chi connectivity index (χ2n) is 8.20. The lowest BCUT2D eigenvalue weighted by Gasteiger charge is -2.24. The van der Waals surface area contributed by atoms with Crippen molar-refractivity contribution < 1.29 is 4.48 Å². The van der Waals surface area contributed by atoms with Gasteiger partial charge in [-0.2, -0.15) is 0 Å². The van der Waals surface area contributed by atoms with Crippen LogP contribution in [0.5, 0.6) is 0 Å². The first-order chi connectivity index (χ1) is 11.0. The van der Waals surface area contributed by atoms with Gasteiger partial charge in [-0.15, -0.1) is 0 Å². The topological polar surface area (TPSA) is 0 Å². The number of quaternary nitrogens is 1. The molecular weight excluding hydrogens is 278 g/mol. The van der Waals surface area contributed by atoms with Gasteiger partial charge in [0.25, 0.3) is 0 Å². The fourth-order valence-corrected chi connectivity index (χ4v) is 3.25. The van der Waals surface area contributed by atoms with E-state index in [9.17, 15) is 0 Å². The molecule has 1 rings (SSSR count). The quantitative estimate of drug-likeness (QED) is 0.293. The van der Waals surface area contributed by atoms with Gasteiger partial charge in [0.2, 0.25) is 0 Å². The monoisotopic (exact) mass is 318 g/mol. The highest BCUT2D eigenvalue weighted by atomic mass is 15.3. The molecule has 0 aliphatic heterocycles. The zero-order chi connectivity index (χ0) is 17.0. The van der Waals surface area contributed by atoms with E-state index in [4.69, 9.17) is 0 Å². The summed E-state index contributed by atoms with van der Waals surface area (Å²) in [4.78, 5) is 0. The second-order valence-corrected chi connectivity index (χ2v) is 8.20. The number of unbranched alkanes of at least 4 members (excludes halogenated alkanes) is 9. The van der Waals surface area contributed by atoms with E-state index in [1.165, 1.54) is 81.8 Å². The molecule has 1 heteroatoms. The Morgan fingerprint density at radius 3 is 1.78 bits per heavy atom. The number of rotatable bonds is 13. The van der Waals surface area contributed by atoms with Gasteiger partial charge in [-0.3, -0.25) is 0 Å². The predicted molar refractivity (Wildman–Crippen MR) is 104 cm³/mol. The Morgan fingerprint density at radius 2 is 1.22 bits per heavy atom. The molecule has 1 nitrogen and oxygen atoms in total. The molecule has 132 valence electrons. The van der Waals surface area contributed by atoms with Crippen LogP contribution in [0.3, 0.4) is 0 Å². The minimum atomic E-state index is 1.00. The Bertz CT molecular complexity index is 403. The standard InChI is InChI=1S/C22H40N/c1-5-6-7-8-9-10-11-12-13-14-16-21-17-15-18-22(19-21)20-23(2,3)4/h15,17-19H,5-14,16,20H2,1-4H3/q+1. The van der Waals surface area contributed by atoms with Gasteiger partial charge in [0, 0.05) is 5.56 Å². The maximum Gasteiger partial charge on any atom is 0.104 e. The predicted octanol–water partition coefficient (Wildman–Crippen LogP) is 6.36. The van der Waals surface area contributed by atoms with Crippen LogP contribution in [0.2, 0.25) is 0 Å². The molecule has 0 N–H and O–H groups in total. The van der Waals surface area contributed by atoms with Crippen LogP contribution in [-0.4, -0.2) is 25.6 Å². The molecule has 0 atom stereocenters. The van der Waals surface area contributed by atoms with Crippen molar-refractivity contribution in [3.8, 4) is 0 Å². The fourth-order valence-electron chi connectivity index (χ4n) is 3.25. The van der Waals surface area contributed by atoms with Crippen molar-refractivity contribution in [2.24, 2.45) is 0 Å². The molecule has 0 spiro atoms. The van der Waals surface area contributed by atoms with Crippen LogP contribution in [0.1, 0.15) is 82.3 Å². The average Bonchev–Trinajstić information content (AvgIpc) is 2.48. The van der Waals surface area contributed by atoms with Gasteiger partial charge in [0.15, 0.2) is 0 Å². The molecule has 0 aromatic heterocycles. The summed E-state index contributed by atoms with van der Waals surface area (Å²) in [6.45, 7) is 3.41. The summed E-state index contributed by atoms with van der Waals surface area (Å²) in [7, 11) is 6.78. The Balaban J connectivity index is 2.08. The molecule has 23 heavy (non-hydrogen) atoms. The molecule has 0 radical (unpaired) electrons. The number of hydrogen-bond donors (Lipinski definition) is 0. The van der Waals surface area contributed by atoms with E-state index in [1.54, 1.807) is 0 Å². The lowest BCUT2D eigenvalue weighted by molar-refractivity contribution is -0.884. The Morgan fingerprint density at radius 1 is 0.696 bits per heavy atom. The largest absolute Gasteiger partial charge is 0.327 e. The minimum Gasteiger partial charge on any atom is -0.327 e. The van der Waals surface area contributed by atoms with Gasteiger partial charge in [-0.25, -0.2) is 0 Å². The Kier molecular flexibility index (Phi) is 10.3. The lowest BCUT2D eigenvalue weighted by atomic mass is 10.0. The first-order valence-electron chi connectivity index (χ1n) is 9.89. The molecule has 0 saturated heterocycles. The highest BCUT2D eigenvalue weighted by Crippen LogP contribution is 2.14. The first kappa shape index (κ1) is 20.2. The fraction of sp³-hybridized carbons (Fsp3) is 0.727. The summed E-state index contributed by atoms with van der Waals surface area (Å²) in [5, 5.41) is 0. The van der Waals surface area contributed by atoms with Gasteiger partial charge in [0.1, 0.15) is 6.54 Å². The van der Waals surface area contributed by atoms with E-state index in [-0.39, 0.29) is 0 Å². The Hall–Kier alpha value is -0.820. The Labute approximate surface area is 145 Å². The van der Waals surface area contributed by atoms with Crippen LogP contribution in [0, 0.1) is 0 Å². The number of benzene rings is 1. The van der Waals surface area contributed by atoms with Gasteiger partial charge in [0.05, 0.1) is 21.1 Å². The van der Waals surface area contributed by atoms with Crippen LogP contribution in [0.15, 0.2) is 24.3 Å². The average molecular weight is 319 g/mol. The van der Waals surface area contributed by atoms with Crippen molar-refractivity contribution in [1.82, 2.24) is 0 Å². The van der Waals surface area contributed by atoms with Crippen LogP contribution in [-0.2, 0) is 13.0 Å². The SMILES string of the molecule is CCCCCCCCCCCCc1cccc(C[N+](C)(C)C)c1. The summed E-state index contributed by atoms with van der Waals surface area (Å²) in [5.74, 6) is 0. The van der Waals surface area contributed by atoms with Crippen molar-refractivity contribution >= 4 is 0 Å². The van der Waals surface area contributed by atoms with Gasteiger partial charge in [-0.1, -0.05) is 89.0 Å². The van der Waals surface area contributed by atoms with Gasteiger partial charge >= 0.3 is 0 Å². The molecule has 0 bridgehead atoms. The van der Waals surface area contributed by atoms with Gasteiger partial charge < -0.3 is 4.48 Å². The first-order valence-corrected chi connectivity index (χ1v) is 9.89. The van der Waals surface area contributed by atoms with E-state index in [2.05, 4.69) is 52.3 Å². The lowest BCUT2D eigenvalue weighted by Crippen LogP contribution is -2.33. The maximum atomic E-state index is 2.41. The highest BCUT2D eigenvalue weighted by molar-refractivity contribution is 5.23. The van der Waals surface area contributed by atoms with Crippen LogP contribution in [0.4, 0.5) is 0 Å². The second kappa shape index (κ2) is 11.7. The third kappa shape index (κ3) is 11.4. The smallest absolute Gasteiger partial charge is 0.104 e. The van der Waals surface area contributed by atoms with E-state index >= 15 is 0 Å². The van der Waals surface area contributed by atoms with Crippen LogP contribution in [0.25, 0.3) is 0 Å². The number of hydrogen-bond acceptors (Lipinski definition) is 0. The zero-order valence-corrected chi connectivity index (χ0v) is 16.2. The van der Waals surface area contributed by atoms with Crippen LogP contribution >= 0.6 is 0 Å². The molecule has 0 aliphatic carbocycles. The molecule has 1 aromatic rings.